The fourth-order valence-electron chi connectivity index (χ4n) is 1.68. The fourth-order valence-corrected chi connectivity index (χ4v) is 1.68. The number of rotatable bonds is 3. The van der Waals surface area contributed by atoms with E-state index in [2.05, 4.69) is 5.32 Å². The quantitative estimate of drug-likeness (QED) is 0.803. The van der Waals surface area contributed by atoms with E-state index in [9.17, 15) is 9.59 Å². The maximum absolute atomic E-state index is 11.2. The number of para-hydroxylation sites is 1. The number of ketones is 1. The van der Waals surface area contributed by atoms with E-state index in [-0.39, 0.29) is 5.78 Å². The molecule has 0 saturated heterocycles. The van der Waals surface area contributed by atoms with E-state index >= 15 is 0 Å². The molecule has 0 spiro atoms. The monoisotopic (exact) mass is 216 g/mol. The minimum absolute atomic E-state index is 0.110. The van der Waals surface area contributed by atoms with Gasteiger partial charge >= 0.3 is 0 Å². The van der Waals surface area contributed by atoms with Gasteiger partial charge in [-0.25, -0.2) is 0 Å². The molecule has 0 bridgehead atoms. The van der Waals surface area contributed by atoms with Gasteiger partial charge in [0.25, 0.3) is 5.91 Å². The molecule has 2 rings (SSSR count). The maximum Gasteiger partial charge on any atom is 0.250 e. The van der Waals surface area contributed by atoms with Crippen molar-refractivity contribution in [2.24, 2.45) is 5.73 Å². The van der Waals surface area contributed by atoms with Crippen molar-refractivity contribution in [1.82, 2.24) is 0 Å². The summed E-state index contributed by atoms with van der Waals surface area (Å²) in [6.07, 6.45) is 2.78. The average Bonchev–Trinajstić information content (AvgIpc) is 2.64. The number of primary amides is 1. The molecule has 0 unspecified atom stereocenters. The molecule has 1 aromatic carbocycles. The molecular weight excluding hydrogens is 204 g/mol. The third-order valence-electron chi connectivity index (χ3n) is 2.46. The molecule has 0 fully saturated rings. The number of nitrogens with two attached hydrogens (primary N) is 1. The number of allylic oxidation sites excluding steroid dienone is 2. The predicted octanol–water partition coefficient (Wildman–Crippen LogP) is 1.44. The van der Waals surface area contributed by atoms with Crippen molar-refractivity contribution >= 4 is 17.4 Å². The van der Waals surface area contributed by atoms with E-state index < -0.39 is 5.91 Å². The van der Waals surface area contributed by atoms with Crippen molar-refractivity contribution in [3.63, 3.8) is 0 Å². The largest absolute Gasteiger partial charge is 0.366 e. The molecule has 16 heavy (non-hydrogen) atoms. The van der Waals surface area contributed by atoms with Crippen LogP contribution in [0.25, 0.3) is 0 Å². The normalized spacial score (nSPS) is 14.8. The Kier molecular flexibility index (Phi) is 2.72. The molecule has 82 valence electrons. The van der Waals surface area contributed by atoms with Gasteiger partial charge < -0.3 is 11.1 Å². The van der Waals surface area contributed by atoms with Crippen LogP contribution in [0.3, 0.4) is 0 Å². The molecule has 1 aromatic rings. The van der Waals surface area contributed by atoms with Gasteiger partial charge in [0.2, 0.25) is 0 Å². The molecular formula is C12H12N2O2. The molecule has 4 heteroatoms. The first kappa shape index (κ1) is 10.4. The van der Waals surface area contributed by atoms with Crippen LogP contribution in [0.2, 0.25) is 0 Å². The number of hydrogen-bond acceptors (Lipinski definition) is 3. The lowest BCUT2D eigenvalue weighted by atomic mass is 10.1. The molecule has 4 nitrogen and oxygen atoms in total. The minimum Gasteiger partial charge on any atom is -0.366 e. The highest BCUT2D eigenvalue weighted by Gasteiger charge is 2.14. The SMILES string of the molecule is NC(=O)c1ccccc1NC1=CC(=O)CC1. The van der Waals surface area contributed by atoms with Gasteiger partial charge in [-0.05, 0) is 18.6 Å². The fraction of sp³-hybridized carbons (Fsp3) is 0.167. The summed E-state index contributed by atoms with van der Waals surface area (Å²) in [4.78, 5) is 22.2. The first-order valence-corrected chi connectivity index (χ1v) is 5.06. The van der Waals surface area contributed by atoms with Gasteiger partial charge in [0.05, 0.1) is 11.3 Å². The Morgan fingerprint density at radius 2 is 2.00 bits per heavy atom. The highest BCUT2D eigenvalue weighted by atomic mass is 16.1. The third kappa shape index (κ3) is 2.11. The average molecular weight is 216 g/mol. The predicted molar refractivity (Wildman–Crippen MR) is 60.9 cm³/mol. The molecule has 0 saturated carbocycles. The summed E-state index contributed by atoms with van der Waals surface area (Å²) in [5.41, 5.74) is 7.17. The molecule has 0 heterocycles. The lowest BCUT2D eigenvalue weighted by Crippen LogP contribution is -2.13. The molecule has 0 atom stereocenters. The van der Waals surface area contributed by atoms with Gasteiger partial charge in [0, 0.05) is 18.2 Å². The van der Waals surface area contributed by atoms with E-state index in [4.69, 9.17) is 5.73 Å². The van der Waals surface area contributed by atoms with Crippen molar-refractivity contribution in [3.05, 3.63) is 41.6 Å². The Morgan fingerprint density at radius 1 is 1.25 bits per heavy atom. The lowest BCUT2D eigenvalue weighted by molar-refractivity contribution is -0.114. The summed E-state index contributed by atoms with van der Waals surface area (Å²) in [5, 5.41) is 3.06. The number of hydrogen-bond donors (Lipinski definition) is 2. The van der Waals surface area contributed by atoms with Crippen LogP contribution in [0.1, 0.15) is 23.2 Å². The Bertz CT molecular complexity index is 478. The van der Waals surface area contributed by atoms with Gasteiger partial charge in [-0.2, -0.15) is 0 Å². The third-order valence-corrected chi connectivity index (χ3v) is 2.46. The topological polar surface area (TPSA) is 72.2 Å². The van der Waals surface area contributed by atoms with Crippen LogP contribution in [0, 0.1) is 0 Å². The lowest BCUT2D eigenvalue weighted by Gasteiger charge is -2.09. The number of amides is 1. The van der Waals surface area contributed by atoms with Crippen molar-refractivity contribution in [1.29, 1.82) is 0 Å². The Labute approximate surface area is 93.1 Å². The smallest absolute Gasteiger partial charge is 0.250 e. The van der Waals surface area contributed by atoms with Gasteiger partial charge in [-0.15, -0.1) is 0 Å². The van der Waals surface area contributed by atoms with Crippen LogP contribution in [-0.4, -0.2) is 11.7 Å². The second-order valence-electron chi connectivity index (χ2n) is 3.67. The van der Waals surface area contributed by atoms with E-state index in [1.807, 2.05) is 6.07 Å². The zero-order valence-corrected chi connectivity index (χ0v) is 8.69. The summed E-state index contributed by atoms with van der Waals surface area (Å²) >= 11 is 0. The summed E-state index contributed by atoms with van der Waals surface area (Å²) in [7, 11) is 0. The zero-order chi connectivity index (χ0) is 11.5. The summed E-state index contributed by atoms with van der Waals surface area (Å²) in [6.45, 7) is 0. The van der Waals surface area contributed by atoms with Crippen molar-refractivity contribution < 1.29 is 9.59 Å². The van der Waals surface area contributed by atoms with E-state index in [1.165, 1.54) is 0 Å². The zero-order valence-electron chi connectivity index (χ0n) is 8.69. The second-order valence-corrected chi connectivity index (χ2v) is 3.67. The van der Waals surface area contributed by atoms with Crippen molar-refractivity contribution in [3.8, 4) is 0 Å². The Balaban J connectivity index is 2.24. The Morgan fingerprint density at radius 3 is 2.62 bits per heavy atom. The molecule has 1 aliphatic carbocycles. The number of nitrogens with one attached hydrogen (secondary N) is 1. The molecule has 0 radical (unpaired) electrons. The Hall–Kier alpha value is -2.10. The summed E-state index contributed by atoms with van der Waals surface area (Å²) < 4.78 is 0. The van der Waals surface area contributed by atoms with Gasteiger partial charge in [0.1, 0.15) is 0 Å². The number of benzene rings is 1. The standard InChI is InChI=1S/C12H12N2O2/c13-12(16)10-3-1-2-4-11(10)14-8-5-6-9(15)7-8/h1-4,7,14H,5-6H2,(H2,13,16). The molecule has 1 amide bonds. The summed E-state index contributed by atoms with van der Waals surface area (Å²) in [6, 6.07) is 6.98. The van der Waals surface area contributed by atoms with Gasteiger partial charge in [-0.3, -0.25) is 9.59 Å². The first-order valence-electron chi connectivity index (χ1n) is 5.06. The maximum atomic E-state index is 11.2. The number of anilines is 1. The van der Waals surface area contributed by atoms with E-state index in [0.717, 1.165) is 5.70 Å². The van der Waals surface area contributed by atoms with Crippen LogP contribution in [0.15, 0.2) is 36.0 Å². The van der Waals surface area contributed by atoms with E-state index in [1.54, 1.807) is 24.3 Å². The second kappa shape index (κ2) is 4.18. The number of carbonyl (C=O) groups excluding carboxylic acids is 2. The minimum atomic E-state index is -0.479. The molecule has 3 N–H and O–H groups in total. The van der Waals surface area contributed by atoms with Crippen molar-refractivity contribution in [2.75, 3.05) is 5.32 Å². The molecule has 1 aliphatic rings. The highest BCUT2D eigenvalue weighted by Crippen LogP contribution is 2.21. The van der Waals surface area contributed by atoms with E-state index in [0.29, 0.717) is 24.1 Å². The van der Waals surface area contributed by atoms with Gasteiger partial charge in [-0.1, -0.05) is 12.1 Å². The van der Waals surface area contributed by atoms with Crippen molar-refractivity contribution in [2.45, 2.75) is 12.8 Å². The van der Waals surface area contributed by atoms with Gasteiger partial charge in [0.15, 0.2) is 5.78 Å². The van der Waals surface area contributed by atoms with Crippen LogP contribution >= 0.6 is 0 Å². The van der Waals surface area contributed by atoms with Crippen LogP contribution in [0.5, 0.6) is 0 Å². The summed E-state index contributed by atoms with van der Waals surface area (Å²) in [5.74, 6) is -0.368. The molecule has 0 aromatic heterocycles. The van der Waals surface area contributed by atoms with Crippen LogP contribution in [0.4, 0.5) is 5.69 Å². The van der Waals surface area contributed by atoms with Crippen LogP contribution < -0.4 is 11.1 Å². The molecule has 0 aliphatic heterocycles. The van der Waals surface area contributed by atoms with Crippen LogP contribution in [-0.2, 0) is 4.79 Å². The number of carbonyl (C=O) groups is 2. The highest BCUT2D eigenvalue weighted by molar-refractivity contribution is 5.99. The first-order chi connectivity index (χ1) is 7.66.